The number of carbonyl (C=O) groups excluding carboxylic acids is 1. The Kier molecular flexibility index (Phi) is 4.96. The van der Waals surface area contributed by atoms with Gasteiger partial charge in [0.1, 0.15) is 16.8 Å². The minimum atomic E-state index is -0.565. The molecule has 0 spiro atoms. The lowest BCUT2D eigenvalue weighted by Gasteiger charge is -2.25. The number of halogens is 1. The van der Waals surface area contributed by atoms with Crippen LogP contribution in [-0.2, 0) is 11.3 Å². The van der Waals surface area contributed by atoms with Crippen LogP contribution in [0.3, 0.4) is 0 Å². The maximum atomic E-state index is 12.6. The van der Waals surface area contributed by atoms with Crippen LogP contribution in [0, 0.1) is 13.8 Å². The van der Waals surface area contributed by atoms with Gasteiger partial charge in [-0.15, -0.1) is 11.6 Å². The first kappa shape index (κ1) is 15.5. The summed E-state index contributed by atoms with van der Waals surface area (Å²) in [5, 5.41) is 7.04. The number of anilines is 1. The number of hydrogen-bond acceptors (Lipinski definition) is 4. The van der Waals surface area contributed by atoms with Crippen LogP contribution in [0.15, 0.2) is 28.9 Å². The van der Waals surface area contributed by atoms with E-state index in [2.05, 4.69) is 10.3 Å². The van der Waals surface area contributed by atoms with E-state index in [4.69, 9.17) is 16.2 Å². The smallest absolute Gasteiger partial charge is 0.245 e. The van der Waals surface area contributed by atoms with E-state index < -0.39 is 5.38 Å². The van der Waals surface area contributed by atoms with Crippen LogP contribution in [0.1, 0.15) is 30.3 Å². The van der Waals surface area contributed by atoms with Crippen molar-refractivity contribution in [3.63, 3.8) is 0 Å². The Labute approximate surface area is 128 Å². The summed E-state index contributed by atoms with van der Waals surface area (Å²) in [6.45, 7) is 5.93. The second-order valence-corrected chi connectivity index (χ2v) is 5.41. The first-order valence-corrected chi connectivity index (χ1v) is 7.27. The normalized spacial score (nSPS) is 12.2. The predicted molar refractivity (Wildman–Crippen MR) is 81.3 cm³/mol. The largest absolute Gasteiger partial charge is 0.305 e. The minimum absolute atomic E-state index is 0.143. The zero-order valence-corrected chi connectivity index (χ0v) is 13.1. The molecule has 1 heterocycles. The van der Waals surface area contributed by atoms with Crippen molar-refractivity contribution in [1.29, 1.82) is 0 Å². The molecule has 1 atom stereocenters. The van der Waals surface area contributed by atoms with E-state index in [1.165, 1.54) is 0 Å². The molecule has 0 aliphatic rings. The first-order chi connectivity index (χ1) is 10.0. The fourth-order valence-electron chi connectivity index (χ4n) is 2.03. The molecule has 0 aliphatic heterocycles. The van der Waals surface area contributed by atoms with Gasteiger partial charge in [0, 0.05) is 5.69 Å². The van der Waals surface area contributed by atoms with Crippen LogP contribution in [0.2, 0.25) is 0 Å². The van der Waals surface area contributed by atoms with Gasteiger partial charge >= 0.3 is 0 Å². The second kappa shape index (κ2) is 6.72. The molecule has 1 amide bonds. The Morgan fingerprint density at radius 1 is 1.33 bits per heavy atom. The summed E-state index contributed by atoms with van der Waals surface area (Å²) >= 11 is 6.14. The van der Waals surface area contributed by atoms with E-state index in [0.29, 0.717) is 24.4 Å². The van der Waals surface area contributed by atoms with Crippen LogP contribution in [0.25, 0.3) is 0 Å². The van der Waals surface area contributed by atoms with Gasteiger partial charge in [-0.05, 0) is 31.9 Å². The molecule has 112 valence electrons. The molecule has 1 unspecified atom stereocenters. The van der Waals surface area contributed by atoms with Gasteiger partial charge in [-0.2, -0.15) is 0 Å². The number of aryl methyl sites for hydroxylation is 2. The van der Waals surface area contributed by atoms with Crippen molar-refractivity contribution >= 4 is 23.2 Å². The van der Waals surface area contributed by atoms with Gasteiger partial charge in [0.05, 0.1) is 6.54 Å². The highest BCUT2D eigenvalue weighted by molar-refractivity contribution is 6.32. The van der Waals surface area contributed by atoms with Gasteiger partial charge in [-0.25, -0.2) is 4.63 Å². The number of aromatic nitrogens is 2. The summed E-state index contributed by atoms with van der Waals surface area (Å²) in [7, 11) is 0. The molecule has 5 nitrogen and oxygen atoms in total. The molecule has 1 aromatic heterocycles. The number of para-hydroxylation sites is 1. The molecule has 2 rings (SSSR count). The van der Waals surface area contributed by atoms with E-state index in [9.17, 15) is 4.79 Å². The van der Waals surface area contributed by atoms with Crippen molar-refractivity contribution in [3.8, 4) is 0 Å². The fourth-order valence-corrected chi connectivity index (χ4v) is 2.15. The van der Waals surface area contributed by atoms with Crippen molar-refractivity contribution in [3.05, 3.63) is 41.2 Å². The maximum Gasteiger partial charge on any atom is 0.245 e. The number of amides is 1. The molecule has 0 N–H and O–H groups in total. The van der Waals surface area contributed by atoms with Crippen molar-refractivity contribution in [2.45, 2.75) is 39.1 Å². The van der Waals surface area contributed by atoms with Gasteiger partial charge in [-0.3, -0.25) is 4.79 Å². The highest BCUT2D eigenvalue weighted by Gasteiger charge is 2.25. The van der Waals surface area contributed by atoms with Crippen LogP contribution < -0.4 is 4.90 Å². The summed E-state index contributed by atoms with van der Waals surface area (Å²) in [4.78, 5) is 14.2. The third-order valence-corrected chi connectivity index (χ3v) is 3.85. The molecule has 0 bridgehead atoms. The number of benzene rings is 1. The maximum absolute atomic E-state index is 12.6. The molecule has 1 aromatic carbocycles. The summed E-state index contributed by atoms with van der Waals surface area (Å²) in [6, 6.07) is 7.68. The molecule has 6 heteroatoms. The van der Waals surface area contributed by atoms with Crippen LogP contribution in [0.5, 0.6) is 0 Å². The zero-order valence-electron chi connectivity index (χ0n) is 12.3. The molecule has 0 fully saturated rings. The van der Waals surface area contributed by atoms with E-state index in [0.717, 1.165) is 11.3 Å². The standard InChI is InChI=1S/C15H18ClN3O2/c1-4-12(16)15(20)19(9-13-11(3)17-21-18-13)14-8-6-5-7-10(14)2/h5-8,12H,4,9H2,1-3H3. The summed E-state index contributed by atoms with van der Waals surface area (Å²) < 4.78 is 4.71. The van der Waals surface area contributed by atoms with Gasteiger partial charge in [0.15, 0.2) is 0 Å². The van der Waals surface area contributed by atoms with Crippen molar-refractivity contribution in [1.82, 2.24) is 10.3 Å². The monoisotopic (exact) mass is 307 g/mol. The molecule has 21 heavy (non-hydrogen) atoms. The zero-order chi connectivity index (χ0) is 15.4. The molecular weight excluding hydrogens is 290 g/mol. The molecule has 0 saturated heterocycles. The minimum Gasteiger partial charge on any atom is -0.305 e. The summed E-state index contributed by atoms with van der Waals surface area (Å²) in [5.74, 6) is -0.143. The van der Waals surface area contributed by atoms with Crippen molar-refractivity contribution < 1.29 is 9.42 Å². The lowest BCUT2D eigenvalue weighted by molar-refractivity contribution is -0.118. The molecule has 2 aromatic rings. The van der Waals surface area contributed by atoms with Crippen LogP contribution >= 0.6 is 11.6 Å². The van der Waals surface area contributed by atoms with E-state index >= 15 is 0 Å². The predicted octanol–water partition coefficient (Wildman–Crippen LogP) is 3.24. The summed E-state index contributed by atoms with van der Waals surface area (Å²) in [6.07, 6.45) is 0.568. The van der Waals surface area contributed by atoms with Gasteiger partial charge < -0.3 is 4.90 Å². The Morgan fingerprint density at radius 3 is 2.62 bits per heavy atom. The van der Waals surface area contributed by atoms with E-state index in [1.807, 2.05) is 38.1 Å². The van der Waals surface area contributed by atoms with Crippen LogP contribution in [-0.4, -0.2) is 21.6 Å². The Bertz CT molecular complexity index is 627. The number of alkyl halides is 1. The number of hydrogen-bond donors (Lipinski definition) is 0. The molecular formula is C15H18ClN3O2. The molecule has 0 aliphatic carbocycles. The number of carbonyl (C=O) groups is 1. The van der Waals surface area contributed by atoms with Crippen molar-refractivity contribution in [2.75, 3.05) is 4.90 Å². The Balaban J connectivity index is 2.37. The highest BCUT2D eigenvalue weighted by atomic mass is 35.5. The lowest BCUT2D eigenvalue weighted by atomic mass is 10.1. The van der Waals surface area contributed by atoms with Crippen molar-refractivity contribution in [2.24, 2.45) is 0 Å². The molecule has 0 saturated carbocycles. The third-order valence-electron chi connectivity index (χ3n) is 3.35. The average Bonchev–Trinajstić information content (AvgIpc) is 2.89. The van der Waals surface area contributed by atoms with Gasteiger partial charge in [-0.1, -0.05) is 35.4 Å². The van der Waals surface area contributed by atoms with E-state index in [1.54, 1.807) is 11.8 Å². The Morgan fingerprint density at radius 2 is 2.05 bits per heavy atom. The highest BCUT2D eigenvalue weighted by Crippen LogP contribution is 2.24. The first-order valence-electron chi connectivity index (χ1n) is 6.83. The fraction of sp³-hybridized carbons (Fsp3) is 0.400. The van der Waals surface area contributed by atoms with Gasteiger partial charge in [0.25, 0.3) is 0 Å². The summed E-state index contributed by atoms with van der Waals surface area (Å²) in [5.41, 5.74) is 3.12. The topological polar surface area (TPSA) is 59.2 Å². The van der Waals surface area contributed by atoms with Crippen LogP contribution in [0.4, 0.5) is 5.69 Å². The number of rotatable bonds is 5. The quantitative estimate of drug-likeness (QED) is 0.796. The third kappa shape index (κ3) is 3.42. The average molecular weight is 308 g/mol. The number of nitrogens with zero attached hydrogens (tertiary/aromatic N) is 3. The second-order valence-electron chi connectivity index (χ2n) is 4.88. The Hall–Kier alpha value is -1.88. The lowest BCUT2D eigenvalue weighted by Crippen LogP contribution is -2.37. The van der Waals surface area contributed by atoms with Gasteiger partial charge in [0.2, 0.25) is 5.91 Å². The molecule has 0 radical (unpaired) electrons. The SMILES string of the molecule is CCC(Cl)C(=O)N(Cc1nonc1C)c1ccccc1C. The van der Waals surface area contributed by atoms with E-state index in [-0.39, 0.29) is 5.91 Å².